The van der Waals surface area contributed by atoms with E-state index in [0.717, 1.165) is 23.8 Å². The summed E-state index contributed by atoms with van der Waals surface area (Å²) in [5, 5.41) is 12.7. The van der Waals surface area contributed by atoms with E-state index in [-0.39, 0.29) is 5.41 Å². The molecular formula is C17H21NO. The fourth-order valence-corrected chi connectivity index (χ4v) is 3.47. The van der Waals surface area contributed by atoms with Crippen molar-refractivity contribution in [2.75, 3.05) is 6.54 Å². The molecule has 0 atom stereocenters. The predicted molar refractivity (Wildman–Crippen MR) is 79.4 cm³/mol. The first-order chi connectivity index (χ1) is 9.25. The summed E-state index contributed by atoms with van der Waals surface area (Å²) in [6.45, 7) is 0.624. The van der Waals surface area contributed by atoms with Crippen LogP contribution in [0.3, 0.4) is 0 Å². The molecule has 1 aliphatic rings. The number of nitrogens with two attached hydrogens (primary N) is 1. The molecule has 1 aliphatic carbocycles. The maximum absolute atomic E-state index is 10.4. The molecule has 3 rings (SSSR count). The molecule has 1 fully saturated rings. The summed E-state index contributed by atoms with van der Waals surface area (Å²) in [4.78, 5) is 0. The maximum Gasteiger partial charge on any atom is 0.120 e. The third-order valence-corrected chi connectivity index (χ3v) is 4.64. The Morgan fingerprint density at radius 3 is 2.26 bits per heavy atom. The third kappa shape index (κ3) is 2.10. The fraction of sp³-hybridized carbons (Fsp3) is 0.412. The summed E-state index contributed by atoms with van der Waals surface area (Å²) >= 11 is 0. The highest BCUT2D eigenvalue weighted by Crippen LogP contribution is 2.43. The van der Waals surface area contributed by atoms with Gasteiger partial charge >= 0.3 is 0 Å². The molecule has 2 aromatic carbocycles. The van der Waals surface area contributed by atoms with Gasteiger partial charge in [0.15, 0.2) is 0 Å². The van der Waals surface area contributed by atoms with Gasteiger partial charge in [0.1, 0.15) is 5.75 Å². The van der Waals surface area contributed by atoms with Crippen molar-refractivity contribution in [2.45, 2.75) is 37.5 Å². The van der Waals surface area contributed by atoms with Gasteiger partial charge in [0.2, 0.25) is 0 Å². The summed E-state index contributed by atoms with van der Waals surface area (Å²) in [5.74, 6) is 0.408. The minimum absolute atomic E-state index is 0.0215. The van der Waals surface area contributed by atoms with E-state index >= 15 is 0 Å². The topological polar surface area (TPSA) is 46.2 Å². The number of fused-ring (bicyclic) bond motifs is 1. The van der Waals surface area contributed by atoms with Gasteiger partial charge in [-0.3, -0.25) is 0 Å². The summed E-state index contributed by atoms with van der Waals surface area (Å²) in [7, 11) is 0. The highest BCUT2D eigenvalue weighted by molar-refractivity contribution is 5.85. The van der Waals surface area contributed by atoms with E-state index < -0.39 is 0 Å². The number of hydrogen-bond acceptors (Lipinski definition) is 2. The Morgan fingerprint density at radius 2 is 1.63 bits per heavy atom. The van der Waals surface area contributed by atoms with E-state index in [1.165, 1.54) is 24.6 Å². The van der Waals surface area contributed by atoms with Crippen molar-refractivity contribution < 1.29 is 5.11 Å². The molecule has 0 bridgehead atoms. The molecule has 0 radical (unpaired) electrons. The Balaban J connectivity index is 2.14. The zero-order chi connectivity index (χ0) is 13.3. The largest absolute Gasteiger partial charge is 0.508 e. The standard InChI is InChI=1S/C17H21NO/c18-12-17(8-4-1-5-9-17)15-10-13-6-2-3-7-14(13)11-16(15)19/h2-3,6-7,10-11,19H,1,4-5,8-9,12,18H2. The van der Waals surface area contributed by atoms with Crippen LogP contribution in [0, 0.1) is 0 Å². The average Bonchev–Trinajstić information content (AvgIpc) is 2.47. The highest BCUT2D eigenvalue weighted by atomic mass is 16.3. The van der Waals surface area contributed by atoms with E-state index in [0.29, 0.717) is 12.3 Å². The SMILES string of the molecule is NCC1(c2cc3ccccc3cc2O)CCCCC1. The van der Waals surface area contributed by atoms with Crippen molar-refractivity contribution in [3.8, 4) is 5.75 Å². The number of phenolic OH excluding ortho intramolecular Hbond substituents is 1. The summed E-state index contributed by atoms with van der Waals surface area (Å²) in [5.41, 5.74) is 7.10. The van der Waals surface area contributed by atoms with Gasteiger partial charge < -0.3 is 10.8 Å². The zero-order valence-corrected chi connectivity index (χ0v) is 11.2. The predicted octanol–water partition coefficient (Wildman–Crippen LogP) is 3.71. The van der Waals surface area contributed by atoms with Gasteiger partial charge in [-0.15, -0.1) is 0 Å². The van der Waals surface area contributed by atoms with Crippen LogP contribution in [0.1, 0.15) is 37.7 Å². The first-order valence-corrected chi connectivity index (χ1v) is 7.17. The van der Waals surface area contributed by atoms with Crippen molar-refractivity contribution in [3.05, 3.63) is 42.0 Å². The molecule has 2 heteroatoms. The lowest BCUT2D eigenvalue weighted by Crippen LogP contribution is -2.37. The normalized spacial score (nSPS) is 18.6. The van der Waals surface area contributed by atoms with Crippen molar-refractivity contribution >= 4 is 10.8 Å². The van der Waals surface area contributed by atoms with Crippen LogP contribution in [-0.2, 0) is 5.41 Å². The van der Waals surface area contributed by atoms with E-state index in [1.807, 2.05) is 24.3 Å². The van der Waals surface area contributed by atoms with Crippen LogP contribution >= 0.6 is 0 Å². The van der Waals surface area contributed by atoms with Crippen LogP contribution in [0.2, 0.25) is 0 Å². The monoisotopic (exact) mass is 255 g/mol. The van der Waals surface area contributed by atoms with Gasteiger partial charge in [-0.05, 0) is 35.7 Å². The van der Waals surface area contributed by atoms with Gasteiger partial charge in [-0.2, -0.15) is 0 Å². The smallest absolute Gasteiger partial charge is 0.120 e. The van der Waals surface area contributed by atoms with Crippen LogP contribution in [0.5, 0.6) is 5.75 Å². The number of phenols is 1. The van der Waals surface area contributed by atoms with Crippen LogP contribution in [0.25, 0.3) is 10.8 Å². The minimum atomic E-state index is -0.0215. The number of hydrogen-bond donors (Lipinski definition) is 2. The number of rotatable bonds is 2. The van der Waals surface area contributed by atoms with Crippen LogP contribution in [-0.4, -0.2) is 11.7 Å². The summed E-state index contributed by atoms with van der Waals surface area (Å²) in [6.07, 6.45) is 5.90. The molecule has 0 amide bonds. The van der Waals surface area contributed by atoms with E-state index in [9.17, 15) is 5.11 Å². The van der Waals surface area contributed by atoms with Crippen molar-refractivity contribution in [1.29, 1.82) is 0 Å². The van der Waals surface area contributed by atoms with Gasteiger partial charge in [0, 0.05) is 17.5 Å². The third-order valence-electron chi connectivity index (χ3n) is 4.64. The molecular weight excluding hydrogens is 234 g/mol. The molecule has 1 saturated carbocycles. The first kappa shape index (κ1) is 12.5. The molecule has 0 saturated heterocycles. The second-order valence-electron chi connectivity index (χ2n) is 5.76. The van der Waals surface area contributed by atoms with E-state index in [4.69, 9.17) is 5.73 Å². The molecule has 2 aromatic rings. The van der Waals surface area contributed by atoms with Crippen LogP contribution < -0.4 is 5.73 Å². The zero-order valence-electron chi connectivity index (χ0n) is 11.2. The second-order valence-corrected chi connectivity index (χ2v) is 5.76. The molecule has 0 spiro atoms. The van der Waals surface area contributed by atoms with Gasteiger partial charge in [-0.1, -0.05) is 43.5 Å². The summed E-state index contributed by atoms with van der Waals surface area (Å²) in [6, 6.07) is 12.2. The van der Waals surface area contributed by atoms with Gasteiger partial charge in [-0.25, -0.2) is 0 Å². The molecule has 2 nitrogen and oxygen atoms in total. The lowest BCUT2D eigenvalue weighted by atomic mass is 9.69. The Labute approximate surface area is 114 Å². The first-order valence-electron chi connectivity index (χ1n) is 7.17. The van der Waals surface area contributed by atoms with Gasteiger partial charge in [0.25, 0.3) is 0 Å². The summed E-state index contributed by atoms with van der Waals surface area (Å²) < 4.78 is 0. The molecule has 0 heterocycles. The highest BCUT2D eigenvalue weighted by Gasteiger charge is 2.34. The average molecular weight is 255 g/mol. The van der Waals surface area contributed by atoms with Crippen LogP contribution in [0.15, 0.2) is 36.4 Å². The lowest BCUT2D eigenvalue weighted by molar-refractivity contribution is 0.291. The fourth-order valence-electron chi connectivity index (χ4n) is 3.47. The second kappa shape index (κ2) is 4.86. The number of benzene rings is 2. The quantitative estimate of drug-likeness (QED) is 0.859. The molecule has 0 aromatic heterocycles. The number of aromatic hydroxyl groups is 1. The molecule has 0 unspecified atom stereocenters. The van der Waals surface area contributed by atoms with E-state index in [2.05, 4.69) is 12.1 Å². The van der Waals surface area contributed by atoms with Crippen LogP contribution in [0.4, 0.5) is 0 Å². The maximum atomic E-state index is 10.4. The van der Waals surface area contributed by atoms with Crippen molar-refractivity contribution in [3.63, 3.8) is 0 Å². The molecule has 100 valence electrons. The molecule has 3 N–H and O–H groups in total. The molecule has 19 heavy (non-hydrogen) atoms. The van der Waals surface area contributed by atoms with Gasteiger partial charge in [0.05, 0.1) is 0 Å². The minimum Gasteiger partial charge on any atom is -0.508 e. The Bertz CT molecular complexity index is 585. The Kier molecular flexibility index (Phi) is 3.19. The van der Waals surface area contributed by atoms with E-state index in [1.54, 1.807) is 0 Å². The molecule has 0 aliphatic heterocycles. The lowest BCUT2D eigenvalue weighted by Gasteiger charge is -2.37. The Hall–Kier alpha value is -1.54. The van der Waals surface area contributed by atoms with Crippen molar-refractivity contribution in [2.24, 2.45) is 5.73 Å². The van der Waals surface area contributed by atoms with Crippen molar-refractivity contribution in [1.82, 2.24) is 0 Å². The Morgan fingerprint density at radius 1 is 1.00 bits per heavy atom.